The van der Waals surface area contributed by atoms with Gasteiger partial charge in [-0.05, 0) is 66.5 Å². The van der Waals surface area contributed by atoms with Crippen molar-refractivity contribution in [1.29, 1.82) is 0 Å². The lowest BCUT2D eigenvalue weighted by atomic mass is 9.93. The minimum Gasteiger partial charge on any atom is -0.256 e. The van der Waals surface area contributed by atoms with E-state index in [4.69, 9.17) is 0 Å². The molecule has 0 radical (unpaired) electrons. The minimum absolute atomic E-state index is 0.458. The molecule has 0 bridgehead atoms. The highest BCUT2D eigenvalue weighted by Crippen LogP contribution is 2.32. The highest BCUT2D eigenvalue weighted by molar-refractivity contribution is 7.19. The number of rotatable bonds is 3. The maximum Gasteiger partial charge on any atom is 0.0702 e. The number of fused-ring (bicyclic) bond motifs is 2. The van der Waals surface area contributed by atoms with Crippen LogP contribution in [0.1, 0.15) is 34.4 Å². The molecular weight excluding hydrogens is 310 g/mol. The summed E-state index contributed by atoms with van der Waals surface area (Å²) < 4.78 is 1.40. The van der Waals surface area contributed by atoms with Crippen LogP contribution in [0.25, 0.3) is 21.0 Å². The van der Waals surface area contributed by atoms with Crippen LogP contribution in [-0.2, 0) is 6.42 Å². The molecule has 0 fully saturated rings. The summed E-state index contributed by atoms with van der Waals surface area (Å²) >= 11 is 1.89. The van der Waals surface area contributed by atoms with Gasteiger partial charge in [-0.1, -0.05) is 37.3 Å². The van der Waals surface area contributed by atoms with Gasteiger partial charge in [0.25, 0.3) is 0 Å². The summed E-state index contributed by atoms with van der Waals surface area (Å²) in [6.07, 6.45) is 3.08. The van der Waals surface area contributed by atoms with Crippen molar-refractivity contribution < 1.29 is 0 Å². The number of para-hydroxylation sites is 1. The highest BCUT2D eigenvalue weighted by Gasteiger charge is 2.11. The van der Waals surface area contributed by atoms with Crippen molar-refractivity contribution in [3.05, 3.63) is 76.3 Å². The molecule has 0 saturated carbocycles. The number of hydrogen-bond donors (Lipinski definition) is 0. The molecule has 24 heavy (non-hydrogen) atoms. The average molecular weight is 331 g/mol. The second-order valence-corrected chi connectivity index (χ2v) is 7.94. The monoisotopic (exact) mass is 331 g/mol. The number of thiophene rings is 1. The molecule has 2 aromatic heterocycles. The zero-order valence-electron chi connectivity index (χ0n) is 14.3. The number of aromatic nitrogens is 1. The van der Waals surface area contributed by atoms with Crippen LogP contribution in [0.3, 0.4) is 0 Å². The van der Waals surface area contributed by atoms with E-state index in [9.17, 15) is 0 Å². The molecule has 0 aliphatic carbocycles. The molecule has 0 spiro atoms. The quantitative estimate of drug-likeness (QED) is 0.422. The molecule has 4 rings (SSSR count). The summed E-state index contributed by atoms with van der Waals surface area (Å²) in [4.78, 5) is 6.04. The van der Waals surface area contributed by atoms with Crippen LogP contribution >= 0.6 is 11.3 Å². The Morgan fingerprint density at radius 2 is 1.88 bits per heavy atom. The molecule has 1 unspecified atom stereocenters. The number of pyridine rings is 1. The van der Waals surface area contributed by atoms with Crippen molar-refractivity contribution >= 4 is 32.3 Å². The smallest absolute Gasteiger partial charge is 0.0702 e. The second-order valence-electron chi connectivity index (χ2n) is 6.68. The first-order valence-electron chi connectivity index (χ1n) is 8.45. The summed E-state index contributed by atoms with van der Waals surface area (Å²) in [5.74, 6) is 0.458. The van der Waals surface area contributed by atoms with Gasteiger partial charge in [0.15, 0.2) is 0 Å². The van der Waals surface area contributed by atoms with Crippen molar-refractivity contribution in [3.63, 3.8) is 0 Å². The third kappa shape index (κ3) is 2.71. The molecule has 120 valence electrons. The zero-order valence-corrected chi connectivity index (χ0v) is 15.2. The van der Waals surface area contributed by atoms with Crippen LogP contribution in [0.2, 0.25) is 0 Å². The normalized spacial score (nSPS) is 12.8. The van der Waals surface area contributed by atoms with Gasteiger partial charge in [-0.2, -0.15) is 0 Å². The lowest BCUT2D eigenvalue weighted by molar-refractivity contribution is 0.757. The Morgan fingerprint density at radius 1 is 1.04 bits per heavy atom. The Bertz CT molecular complexity index is 1030. The lowest BCUT2D eigenvalue weighted by Crippen LogP contribution is -1.99. The number of aryl methyl sites for hydroxylation is 2. The van der Waals surface area contributed by atoms with Crippen molar-refractivity contribution in [2.24, 2.45) is 0 Å². The lowest BCUT2D eigenvalue weighted by Gasteiger charge is -2.13. The van der Waals surface area contributed by atoms with Gasteiger partial charge in [-0.3, -0.25) is 4.98 Å². The molecule has 0 amide bonds. The van der Waals surface area contributed by atoms with E-state index < -0.39 is 0 Å². The van der Waals surface area contributed by atoms with Crippen LogP contribution in [0.15, 0.2) is 54.7 Å². The summed E-state index contributed by atoms with van der Waals surface area (Å²) in [5.41, 5.74) is 5.21. The van der Waals surface area contributed by atoms with E-state index in [0.29, 0.717) is 5.92 Å². The van der Waals surface area contributed by atoms with Crippen LogP contribution < -0.4 is 0 Å². The largest absolute Gasteiger partial charge is 0.256 e. The van der Waals surface area contributed by atoms with Gasteiger partial charge < -0.3 is 0 Å². The third-order valence-corrected chi connectivity index (χ3v) is 6.15. The Labute approximate surface area is 147 Å². The number of hydrogen-bond acceptors (Lipinski definition) is 2. The summed E-state index contributed by atoms with van der Waals surface area (Å²) in [7, 11) is 0. The Kier molecular flexibility index (Phi) is 3.85. The zero-order chi connectivity index (χ0) is 16.7. The fourth-order valence-corrected chi connectivity index (χ4v) is 4.40. The van der Waals surface area contributed by atoms with E-state index >= 15 is 0 Å². The van der Waals surface area contributed by atoms with E-state index in [1.165, 1.54) is 37.0 Å². The van der Waals surface area contributed by atoms with E-state index in [-0.39, 0.29) is 0 Å². The molecule has 1 atom stereocenters. The van der Waals surface area contributed by atoms with Crippen molar-refractivity contribution in [3.8, 4) is 0 Å². The predicted molar refractivity (Wildman–Crippen MR) is 105 cm³/mol. The van der Waals surface area contributed by atoms with Gasteiger partial charge in [0.05, 0.1) is 5.52 Å². The topological polar surface area (TPSA) is 12.9 Å². The molecular formula is C22H21NS. The molecule has 4 aromatic rings. The van der Waals surface area contributed by atoms with E-state index in [2.05, 4.69) is 68.2 Å². The third-order valence-electron chi connectivity index (χ3n) is 4.96. The summed E-state index contributed by atoms with van der Waals surface area (Å²) in [6, 6.07) is 17.5. The van der Waals surface area contributed by atoms with Crippen molar-refractivity contribution in [1.82, 2.24) is 4.98 Å². The molecule has 1 nitrogen and oxygen atoms in total. The number of nitrogens with zero attached hydrogens (tertiary/aromatic N) is 1. The fraction of sp³-hybridized carbons (Fsp3) is 0.227. The molecule has 0 aliphatic heterocycles. The summed E-state index contributed by atoms with van der Waals surface area (Å²) in [6.45, 7) is 6.74. The molecule has 2 heterocycles. The van der Waals surface area contributed by atoms with Gasteiger partial charge in [0.2, 0.25) is 0 Å². The Morgan fingerprint density at radius 3 is 2.75 bits per heavy atom. The number of benzene rings is 2. The first-order valence-corrected chi connectivity index (χ1v) is 9.27. The predicted octanol–water partition coefficient (Wildman–Crippen LogP) is 6.41. The molecule has 2 heteroatoms. The molecule has 0 saturated heterocycles. The van der Waals surface area contributed by atoms with Crippen molar-refractivity contribution in [2.45, 2.75) is 33.1 Å². The standard InChI is InChI=1S/C22H21NS/c1-14(19-12-18-6-4-5-7-21(18)23-13-19)10-17-8-9-22-20(11-17)15(2)16(3)24-22/h4-9,11-14H,10H2,1-3H3. The maximum absolute atomic E-state index is 4.61. The van der Waals surface area contributed by atoms with Crippen LogP contribution in [0.4, 0.5) is 0 Å². The molecule has 2 aromatic carbocycles. The Hall–Kier alpha value is -2.19. The minimum atomic E-state index is 0.458. The van der Waals surface area contributed by atoms with Gasteiger partial charge >= 0.3 is 0 Å². The van der Waals surface area contributed by atoms with Gasteiger partial charge in [-0.25, -0.2) is 0 Å². The molecule has 0 aliphatic rings. The first kappa shape index (κ1) is 15.3. The van der Waals surface area contributed by atoms with E-state index in [0.717, 1.165) is 11.9 Å². The van der Waals surface area contributed by atoms with E-state index in [1.807, 2.05) is 23.6 Å². The average Bonchev–Trinajstić information content (AvgIpc) is 2.89. The van der Waals surface area contributed by atoms with E-state index in [1.54, 1.807) is 0 Å². The molecule has 0 N–H and O–H groups in total. The van der Waals surface area contributed by atoms with Crippen LogP contribution in [-0.4, -0.2) is 4.98 Å². The SMILES string of the molecule is Cc1sc2ccc(CC(C)c3cnc4ccccc4c3)cc2c1C. The highest BCUT2D eigenvalue weighted by atomic mass is 32.1. The van der Waals surface area contributed by atoms with Crippen molar-refractivity contribution in [2.75, 3.05) is 0 Å². The van der Waals surface area contributed by atoms with Gasteiger partial charge in [0.1, 0.15) is 0 Å². The Balaban J connectivity index is 1.64. The van der Waals surface area contributed by atoms with Crippen LogP contribution in [0.5, 0.6) is 0 Å². The first-order chi connectivity index (χ1) is 11.6. The van der Waals surface area contributed by atoms with Gasteiger partial charge in [-0.15, -0.1) is 11.3 Å². The maximum atomic E-state index is 4.61. The van der Waals surface area contributed by atoms with Gasteiger partial charge in [0, 0.05) is 21.2 Å². The fourth-order valence-electron chi connectivity index (χ4n) is 3.35. The summed E-state index contributed by atoms with van der Waals surface area (Å²) in [5, 5.41) is 2.64. The van der Waals surface area contributed by atoms with Crippen LogP contribution in [0, 0.1) is 13.8 Å². The second kappa shape index (κ2) is 6.03.